The van der Waals surface area contributed by atoms with Crippen molar-refractivity contribution in [2.45, 2.75) is 18.7 Å². The van der Waals surface area contributed by atoms with Crippen LogP contribution < -0.4 is 10.6 Å². The topological polar surface area (TPSA) is 104 Å². The standard InChI is InChI=1S/C20H22N4O3S/c1-4-21-20(26)24-28(3,27)15-7-8-17-16(12-15)18(9-10-22-17)23-19-11-14(25)6-5-13(19)2/h5-12,25H,4H2,1-3H3,(H,21,26)(H,22,23). The molecular weight excluding hydrogens is 376 g/mol. The van der Waals surface area contributed by atoms with E-state index in [1.807, 2.05) is 13.0 Å². The first-order valence-electron chi connectivity index (χ1n) is 8.75. The van der Waals surface area contributed by atoms with E-state index in [9.17, 15) is 14.1 Å². The lowest BCUT2D eigenvalue weighted by atomic mass is 10.1. The highest BCUT2D eigenvalue weighted by molar-refractivity contribution is 7.93. The van der Waals surface area contributed by atoms with E-state index in [4.69, 9.17) is 0 Å². The molecule has 0 radical (unpaired) electrons. The van der Waals surface area contributed by atoms with Crippen LogP contribution in [0.15, 0.2) is 57.9 Å². The Morgan fingerprint density at radius 1 is 1.18 bits per heavy atom. The molecule has 0 aliphatic carbocycles. The molecule has 1 atom stereocenters. The van der Waals surface area contributed by atoms with Crippen LogP contribution in [0, 0.1) is 6.92 Å². The molecule has 3 aromatic rings. The van der Waals surface area contributed by atoms with Crippen LogP contribution in [0.25, 0.3) is 10.9 Å². The lowest BCUT2D eigenvalue weighted by molar-refractivity contribution is 0.250. The van der Waals surface area contributed by atoms with Gasteiger partial charge in [-0.25, -0.2) is 9.00 Å². The van der Waals surface area contributed by atoms with Crippen LogP contribution in [-0.2, 0) is 9.73 Å². The second kappa shape index (κ2) is 7.85. The second-order valence-corrected chi connectivity index (χ2v) is 8.65. The summed E-state index contributed by atoms with van der Waals surface area (Å²) >= 11 is 0. The van der Waals surface area contributed by atoms with E-state index >= 15 is 0 Å². The van der Waals surface area contributed by atoms with Gasteiger partial charge in [0.1, 0.15) is 5.75 Å². The summed E-state index contributed by atoms with van der Waals surface area (Å²) in [5.41, 5.74) is 3.17. The van der Waals surface area contributed by atoms with E-state index in [1.165, 1.54) is 6.26 Å². The number of phenols is 1. The van der Waals surface area contributed by atoms with Crippen molar-refractivity contribution < 1.29 is 14.1 Å². The number of aromatic nitrogens is 1. The van der Waals surface area contributed by atoms with Crippen LogP contribution in [0.5, 0.6) is 5.75 Å². The molecule has 1 aromatic heterocycles. The van der Waals surface area contributed by atoms with Crippen molar-refractivity contribution in [2.24, 2.45) is 4.36 Å². The molecule has 1 unspecified atom stereocenters. The summed E-state index contributed by atoms with van der Waals surface area (Å²) in [5.74, 6) is 0.157. The minimum atomic E-state index is -2.91. The second-order valence-electron chi connectivity index (χ2n) is 6.39. The molecule has 0 fully saturated rings. The lowest BCUT2D eigenvalue weighted by Crippen LogP contribution is -2.20. The molecule has 0 bridgehead atoms. The summed E-state index contributed by atoms with van der Waals surface area (Å²) in [7, 11) is -2.91. The van der Waals surface area contributed by atoms with Crippen molar-refractivity contribution in [3.05, 3.63) is 54.2 Å². The summed E-state index contributed by atoms with van der Waals surface area (Å²) in [6.45, 7) is 4.12. The minimum Gasteiger partial charge on any atom is -0.508 e. The van der Waals surface area contributed by atoms with E-state index in [0.29, 0.717) is 17.0 Å². The number of carbonyl (C=O) groups excluding carboxylic acids is 1. The summed E-state index contributed by atoms with van der Waals surface area (Å²) in [4.78, 5) is 16.6. The molecule has 0 saturated heterocycles. The maximum atomic E-state index is 13.0. The van der Waals surface area contributed by atoms with Gasteiger partial charge < -0.3 is 15.7 Å². The van der Waals surface area contributed by atoms with Crippen molar-refractivity contribution in [3.8, 4) is 5.75 Å². The molecule has 8 heteroatoms. The van der Waals surface area contributed by atoms with Crippen molar-refractivity contribution in [1.29, 1.82) is 0 Å². The Morgan fingerprint density at radius 3 is 2.71 bits per heavy atom. The average Bonchev–Trinajstić information content (AvgIpc) is 2.64. The Hall–Kier alpha value is -3.13. The van der Waals surface area contributed by atoms with Gasteiger partial charge in [0.05, 0.1) is 15.2 Å². The number of phenolic OH excluding ortho intramolecular Hbond substituents is 1. The fourth-order valence-corrected chi connectivity index (χ4v) is 3.90. The number of rotatable bonds is 4. The van der Waals surface area contributed by atoms with E-state index in [1.54, 1.807) is 49.5 Å². The highest BCUT2D eigenvalue weighted by atomic mass is 32.2. The highest BCUT2D eigenvalue weighted by Gasteiger charge is 2.12. The average molecular weight is 398 g/mol. The Kier molecular flexibility index (Phi) is 5.51. The van der Waals surface area contributed by atoms with Gasteiger partial charge in [-0.05, 0) is 49.7 Å². The van der Waals surface area contributed by atoms with Crippen LogP contribution in [0.3, 0.4) is 0 Å². The third-order valence-corrected chi connectivity index (χ3v) is 5.87. The van der Waals surface area contributed by atoms with Crippen LogP contribution in [-0.4, -0.2) is 33.1 Å². The number of anilines is 2. The maximum absolute atomic E-state index is 13.0. The number of urea groups is 1. The Morgan fingerprint density at radius 2 is 1.96 bits per heavy atom. The number of aryl methyl sites for hydroxylation is 1. The van der Waals surface area contributed by atoms with Crippen LogP contribution in [0.2, 0.25) is 0 Å². The SMILES string of the molecule is CCNC(=O)N=S(C)(=O)c1ccc2nccc(Nc3cc(O)ccc3C)c2c1. The molecule has 3 N–H and O–H groups in total. The van der Waals surface area contributed by atoms with Gasteiger partial charge in [-0.3, -0.25) is 4.98 Å². The van der Waals surface area contributed by atoms with Crippen LogP contribution in [0.1, 0.15) is 12.5 Å². The van der Waals surface area contributed by atoms with E-state index in [0.717, 1.165) is 22.3 Å². The van der Waals surface area contributed by atoms with Gasteiger partial charge in [-0.1, -0.05) is 6.07 Å². The summed E-state index contributed by atoms with van der Waals surface area (Å²) in [6, 6.07) is 11.4. The zero-order valence-corrected chi connectivity index (χ0v) is 16.7. The number of nitrogens with one attached hydrogen (secondary N) is 2. The Balaban J connectivity index is 2.09. The van der Waals surface area contributed by atoms with Gasteiger partial charge in [0.15, 0.2) is 0 Å². The van der Waals surface area contributed by atoms with Gasteiger partial charge in [0, 0.05) is 46.7 Å². The predicted molar refractivity (Wildman–Crippen MR) is 112 cm³/mol. The number of amides is 2. The molecule has 146 valence electrons. The lowest BCUT2D eigenvalue weighted by Gasteiger charge is -2.13. The minimum absolute atomic E-state index is 0.157. The molecule has 0 spiro atoms. The molecule has 0 saturated carbocycles. The monoisotopic (exact) mass is 398 g/mol. The van der Waals surface area contributed by atoms with Gasteiger partial charge in [0.25, 0.3) is 0 Å². The first-order valence-corrected chi connectivity index (χ1v) is 10.7. The molecule has 2 amide bonds. The first-order chi connectivity index (χ1) is 13.3. The third kappa shape index (κ3) is 4.23. The number of carbonyl (C=O) groups is 1. The number of benzene rings is 2. The van der Waals surface area contributed by atoms with Crippen molar-refractivity contribution in [3.63, 3.8) is 0 Å². The van der Waals surface area contributed by atoms with Crippen molar-refractivity contribution >= 4 is 38.0 Å². The highest BCUT2D eigenvalue weighted by Crippen LogP contribution is 2.30. The summed E-state index contributed by atoms with van der Waals surface area (Å²) in [5, 5.41) is 16.3. The van der Waals surface area contributed by atoms with Crippen LogP contribution >= 0.6 is 0 Å². The normalized spacial score (nSPS) is 13.0. The van der Waals surface area contributed by atoms with Gasteiger partial charge in [0.2, 0.25) is 0 Å². The first kappa shape index (κ1) is 19.6. The van der Waals surface area contributed by atoms with Gasteiger partial charge in [-0.2, -0.15) is 0 Å². The molecule has 0 aliphatic heterocycles. The van der Waals surface area contributed by atoms with Gasteiger partial charge >= 0.3 is 6.03 Å². The Bertz CT molecular complexity index is 1170. The molecule has 7 nitrogen and oxygen atoms in total. The smallest absolute Gasteiger partial charge is 0.349 e. The predicted octanol–water partition coefficient (Wildman–Crippen LogP) is 4.18. The van der Waals surface area contributed by atoms with E-state index < -0.39 is 15.8 Å². The van der Waals surface area contributed by atoms with Crippen molar-refractivity contribution in [2.75, 3.05) is 18.1 Å². The quantitative estimate of drug-likeness (QED) is 0.612. The van der Waals surface area contributed by atoms with Crippen LogP contribution in [0.4, 0.5) is 16.2 Å². The fraction of sp³-hybridized carbons (Fsp3) is 0.200. The molecule has 0 aliphatic rings. The molecule has 28 heavy (non-hydrogen) atoms. The fourth-order valence-electron chi connectivity index (χ4n) is 2.75. The summed E-state index contributed by atoms with van der Waals surface area (Å²) in [6.07, 6.45) is 3.11. The third-order valence-electron chi connectivity index (χ3n) is 4.23. The molecule has 2 aromatic carbocycles. The maximum Gasteiger partial charge on any atom is 0.349 e. The largest absolute Gasteiger partial charge is 0.508 e. The Labute approximate surface area is 164 Å². The molecule has 3 rings (SSSR count). The summed E-state index contributed by atoms with van der Waals surface area (Å²) < 4.78 is 16.8. The van der Waals surface area contributed by atoms with Crippen molar-refractivity contribution in [1.82, 2.24) is 10.3 Å². The number of hydrogen-bond donors (Lipinski definition) is 3. The number of fused-ring (bicyclic) bond motifs is 1. The molecule has 1 heterocycles. The molecular formula is C20H22N4O3S. The number of pyridine rings is 1. The van der Waals surface area contributed by atoms with E-state index in [2.05, 4.69) is 20.0 Å². The number of nitrogens with zero attached hydrogens (tertiary/aromatic N) is 2. The zero-order valence-electron chi connectivity index (χ0n) is 15.9. The van der Waals surface area contributed by atoms with E-state index in [-0.39, 0.29) is 5.75 Å². The number of aromatic hydroxyl groups is 1. The number of hydrogen-bond acceptors (Lipinski definition) is 5. The van der Waals surface area contributed by atoms with Gasteiger partial charge in [-0.15, -0.1) is 4.36 Å². The zero-order chi connectivity index (χ0) is 20.3.